The standard InChI is InChI=1S/C25H32N2O3/c1-5-6-15-27-23(28)14-12-20(24(27)19-9-7-8-10-22(19)30-4)25(29)26-21-13-11-17(2)16-18(21)3/h7-11,13,16,20,24H,5-6,12,14-15H2,1-4H3,(H,26,29)/t20-,24-/m1/s1. The summed E-state index contributed by atoms with van der Waals surface area (Å²) in [7, 11) is 1.63. The van der Waals surface area contributed by atoms with E-state index in [1.165, 1.54) is 0 Å². The first-order chi connectivity index (χ1) is 14.5. The average Bonchev–Trinajstić information content (AvgIpc) is 2.74. The van der Waals surface area contributed by atoms with Gasteiger partial charge in [0.1, 0.15) is 5.75 Å². The molecule has 0 unspecified atom stereocenters. The number of likely N-dealkylation sites (tertiary alicyclic amines) is 1. The van der Waals surface area contributed by atoms with Gasteiger partial charge in [-0.2, -0.15) is 0 Å². The molecule has 5 nitrogen and oxygen atoms in total. The van der Waals surface area contributed by atoms with Crippen LogP contribution in [0.5, 0.6) is 5.75 Å². The van der Waals surface area contributed by atoms with Crippen LogP contribution < -0.4 is 10.1 Å². The number of methoxy groups -OCH3 is 1. The molecule has 1 saturated heterocycles. The highest BCUT2D eigenvalue weighted by atomic mass is 16.5. The molecular formula is C25H32N2O3. The molecule has 3 rings (SSSR count). The summed E-state index contributed by atoms with van der Waals surface area (Å²) in [6.45, 7) is 6.79. The van der Waals surface area contributed by atoms with E-state index in [1.807, 2.05) is 55.1 Å². The van der Waals surface area contributed by atoms with E-state index in [4.69, 9.17) is 4.74 Å². The predicted molar refractivity (Wildman–Crippen MR) is 120 cm³/mol. The Morgan fingerprint density at radius 1 is 1.20 bits per heavy atom. The van der Waals surface area contributed by atoms with Crippen LogP contribution in [0.1, 0.15) is 55.3 Å². The minimum absolute atomic E-state index is 0.0492. The summed E-state index contributed by atoms with van der Waals surface area (Å²) in [6, 6.07) is 13.4. The number of hydrogen-bond donors (Lipinski definition) is 1. The number of anilines is 1. The second-order valence-electron chi connectivity index (χ2n) is 8.08. The Bertz CT molecular complexity index is 909. The lowest BCUT2D eigenvalue weighted by Crippen LogP contribution is -2.47. The van der Waals surface area contributed by atoms with Gasteiger partial charge in [0.2, 0.25) is 11.8 Å². The van der Waals surface area contributed by atoms with Gasteiger partial charge >= 0.3 is 0 Å². The number of nitrogens with zero attached hydrogens (tertiary/aromatic N) is 1. The molecule has 2 amide bonds. The van der Waals surface area contributed by atoms with Crippen molar-refractivity contribution >= 4 is 17.5 Å². The van der Waals surface area contributed by atoms with Gasteiger partial charge in [0.25, 0.3) is 0 Å². The number of carbonyl (C=O) groups excluding carboxylic acids is 2. The van der Waals surface area contributed by atoms with Gasteiger partial charge in [-0.15, -0.1) is 0 Å². The molecule has 1 N–H and O–H groups in total. The highest BCUT2D eigenvalue weighted by molar-refractivity contribution is 5.95. The molecule has 2 aromatic rings. The lowest BCUT2D eigenvalue weighted by molar-refractivity contribution is -0.142. The van der Waals surface area contributed by atoms with Crippen molar-refractivity contribution in [2.45, 2.75) is 52.5 Å². The lowest BCUT2D eigenvalue weighted by Gasteiger charge is -2.41. The van der Waals surface area contributed by atoms with Crippen LogP contribution in [0.15, 0.2) is 42.5 Å². The SMILES string of the molecule is CCCCN1C(=O)CC[C@@H](C(=O)Nc2ccc(C)cc2C)[C@H]1c1ccccc1OC. The number of hydrogen-bond acceptors (Lipinski definition) is 3. The molecule has 1 aliphatic heterocycles. The van der Waals surface area contributed by atoms with E-state index < -0.39 is 0 Å². The van der Waals surface area contributed by atoms with E-state index in [1.54, 1.807) is 7.11 Å². The summed E-state index contributed by atoms with van der Waals surface area (Å²) >= 11 is 0. The molecular weight excluding hydrogens is 376 g/mol. The number of nitrogens with one attached hydrogen (secondary N) is 1. The van der Waals surface area contributed by atoms with Gasteiger partial charge in [0.05, 0.1) is 19.1 Å². The Morgan fingerprint density at radius 2 is 1.97 bits per heavy atom. The molecule has 30 heavy (non-hydrogen) atoms. The summed E-state index contributed by atoms with van der Waals surface area (Å²) < 4.78 is 5.60. The maximum absolute atomic E-state index is 13.4. The molecule has 1 fully saturated rings. The molecule has 0 radical (unpaired) electrons. The van der Waals surface area contributed by atoms with Crippen molar-refractivity contribution in [1.82, 2.24) is 4.90 Å². The first kappa shape index (κ1) is 21.9. The molecule has 160 valence electrons. The van der Waals surface area contributed by atoms with Gasteiger partial charge < -0.3 is 15.0 Å². The molecule has 0 bridgehead atoms. The van der Waals surface area contributed by atoms with Crippen LogP contribution in [-0.2, 0) is 9.59 Å². The molecule has 0 aliphatic carbocycles. The fourth-order valence-corrected chi connectivity index (χ4v) is 4.29. The number of unbranched alkanes of at least 4 members (excludes halogenated alkanes) is 1. The minimum atomic E-state index is -0.337. The highest BCUT2D eigenvalue weighted by Crippen LogP contribution is 2.41. The summed E-state index contributed by atoms with van der Waals surface area (Å²) in [5.41, 5.74) is 3.91. The van der Waals surface area contributed by atoms with Crippen LogP contribution in [-0.4, -0.2) is 30.4 Å². The first-order valence-electron chi connectivity index (χ1n) is 10.8. The number of carbonyl (C=O) groups is 2. The zero-order valence-electron chi connectivity index (χ0n) is 18.4. The normalized spacial score (nSPS) is 18.9. The van der Waals surface area contributed by atoms with Gasteiger partial charge in [-0.1, -0.05) is 49.2 Å². The van der Waals surface area contributed by atoms with Crippen LogP contribution in [0, 0.1) is 19.8 Å². The number of ether oxygens (including phenoxy) is 1. The molecule has 1 heterocycles. The van der Waals surface area contributed by atoms with Gasteiger partial charge in [-0.3, -0.25) is 9.59 Å². The highest BCUT2D eigenvalue weighted by Gasteiger charge is 2.41. The van der Waals surface area contributed by atoms with Crippen molar-refractivity contribution in [2.24, 2.45) is 5.92 Å². The predicted octanol–water partition coefficient (Wildman–Crippen LogP) is 5.03. The summed E-state index contributed by atoms with van der Waals surface area (Å²) in [5.74, 6) is 0.432. The van der Waals surface area contributed by atoms with Crippen molar-refractivity contribution in [3.05, 3.63) is 59.2 Å². The monoisotopic (exact) mass is 408 g/mol. The van der Waals surface area contributed by atoms with Crippen LogP contribution in [0.4, 0.5) is 5.69 Å². The fraction of sp³-hybridized carbons (Fsp3) is 0.440. The van der Waals surface area contributed by atoms with E-state index in [0.717, 1.165) is 35.2 Å². The zero-order valence-corrected chi connectivity index (χ0v) is 18.4. The third kappa shape index (κ3) is 4.66. The van der Waals surface area contributed by atoms with Gasteiger partial charge in [-0.25, -0.2) is 0 Å². The summed E-state index contributed by atoms with van der Waals surface area (Å²) in [6.07, 6.45) is 2.81. The fourth-order valence-electron chi connectivity index (χ4n) is 4.29. The third-order valence-corrected chi connectivity index (χ3v) is 5.89. The Morgan fingerprint density at radius 3 is 2.67 bits per heavy atom. The maximum atomic E-state index is 13.4. The number of benzene rings is 2. The smallest absolute Gasteiger partial charge is 0.229 e. The average molecular weight is 409 g/mol. The summed E-state index contributed by atoms with van der Waals surface area (Å²) in [5, 5.41) is 3.12. The van der Waals surface area contributed by atoms with E-state index in [9.17, 15) is 9.59 Å². The Balaban J connectivity index is 1.97. The van der Waals surface area contributed by atoms with E-state index in [-0.39, 0.29) is 23.8 Å². The maximum Gasteiger partial charge on any atom is 0.229 e. The van der Waals surface area contributed by atoms with Crippen LogP contribution >= 0.6 is 0 Å². The van der Waals surface area contributed by atoms with Crippen molar-refractivity contribution < 1.29 is 14.3 Å². The zero-order chi connectivity index (χ0) is 21.7. The lowest BCUT2D eigenvalue weighted by atomic mass is 9.83. The quantitative estimate of drug-likeness (QED) is 0.699. The summed E-state index contributed by atoms with van der Waals surface area (Å²) in [4.78, 5) is 28.2. The van der Waals surface area contributed by atoms with Crippen molar-refractivity contribution in [2.75, 3.05) is 19.0 Å². The number of para-hydroxylation sites is 1. The largest absolute Gasteiger partial charge is 0.496 e. The molecule has 2 aromatic carbocycles. The van der Waals surface area contributed by atoms with Crippen LogP contribution in [0.3, 0.4) is 0 Å². The molecule has 0 saturated carbocycles. The number of rotatable bonds is 7. The minimum Gasteiger partial charge on any atom is -0.496 e. The molecule has 2 atom stereocenters. The molecule has 0 spiro atoms. The van der Waals surface area contributed by atoms with Crippen LogP contribution in [0.25, 0.3) is 0 Å². The Labute approximate surface area is 179 Å². The third-order valence-electron chi connectivity index (χ3n) is 5.89. The number of aryl methyl sites for hydroxylation is 2. The molecule has 0 aromatic heterocycles. The van der Waals surface area contributed by atoms with Gasteiger partial charge in [0, 0.05) is 24.2 Å². The Hall–Kier alpha value is -2.82. The Kier molecular flexibility index (Phi) is 7.14. The molecule has 1 aliphatic rings. The van der Waals surface area contributed by atoms with Crippen molar-refractivity contribution in [1.29, 1.82) is 0 Å². The first-order valence-corrected chi connectivity index (χ1v) is 10.8. The van der Waals surface area contributed by atoms with E-state index in [2.05, 4.69) is 18.3 Å². The molecule has 5 heteroatoms. The van der Waals surface area contributed by atoms with Crippen molar-refractivity contribution in [3.63, 3.8) is 0 Å². The second kappa shape index (κ2) is 9.79. The number of piperidine rings is 1. The van der Waals surface area contributed by atoms with Crippen LogP contribution in [0.2, 0.25) is 0 Å². The topological polar surface area (TPSA) is 58.6 Å². The number of amides is 2. The second-order valence-corrected chi connectivity index (χ2v) is 8.08. The van der Waals surface area contributed by atoms with Crippen molar-refractivity contribution in [3.8, 4) is 5.75 Å². The van der Waals surface area contributed by atoms with Gasteiger partial charge in [-0.05, 0) is 44.4 Å². The van der Waals surface area contributed by atoms with E-state index in [0.29, 0.717) is 25.1 Å². The van der Waals surface area contributed by atoms with E-state index >= 15 is 0 Å². The van der Waals surface area contributed by atoms with Gasteiger partial charge in [0.15, 0.2) is 0 Å².